The van der Waals surface area contributed by atoms with Gasteiger partial charge in [0, 0.05) is 5.56 Å². The third-order valence-electron chi connectivity index (χ3n) is 3.29. The van der Waals surface area contributed by atoms with Gasteiger partial charge in [-0.3, -0.25) is 0 Å². The van der Waals surface area contributed by atoms with Crippen LogP contribution in [0.3, 0.4) is 0 Å². The minimum absolute atomic E-state index is 0.0275. The van der Waals surface area contributed by atoms with Crippen LogP contribution < -0.4 is 0 Å². The average Bonchev–Trinajstić information content (AvgIpc) is 2.18. The van der Waals surface area contributed by atoms with Gasteiger partial charge in [0.2, 0.25) is 0 Å². The SMILES string of the molecule is Cc1ccc(F)c(C2=CC(O)CC(C)(C)C2)c1. The Morgan fingerprint density at radius 3 is 2.71 bits per heavy atom. The van der Waals surface area contributed by atoms with Crippen LogP contribution in [-0.2, 0) is 0 Å². The molecule has 0 aromatic heterocycles. The molecule has 1 N–H and O–H groups in total. The topological polar surface area (TPSA) is 20.2 Å². The lowest BCUT2D eigenvalue weighted by atomic mass is 9.74. The maximum atomic E-state index is 13.8. The zero-order valence-corrected chi connectivity index (χ0v) is 10.6. The predicted molar refractivity (Wildman–Crippen MR) is 68.1 cm³/mol. The molecule has 1 aliphatic rings. The van der Waals surface area contributed by atoms with Gasteiger partial charge in [-0.1, -0.05) is 31.6 Å². The van der Waals surface area contributed by atoms with Crippen molar-refractivity contribution in [3.63, 3.8) is 0 Å². The fraction of sp³-hybridized carbons (Fsp3) is 0.467. The Bertz CT molecular complexity index is 460. The predicted octanol–water partition coefficient (Wildman–Crippen LogP) is 3.70. The maximum Gasteiger partial charge on any atom is 0.130 e. The highest BCUT2D eigenvalue weighted by Crippen LogP contribution is 2.40. The van der Waals surface area contributed by atoms with E-state index >= 15 is 0 Å². The quantitative estimate of drug-likeness (QED) is 0.785. The molecule has 0 radical (unpaired) electrons. The van der Waals surface area contributed by atoms with Gasteiger partial charge in [0.25, 0.3) is 0 Å². The normalized spacial score (nSPS) is 23.4. The molecule has 17 heavy (non-hydrogen) atoms. The van der Waals surface area contributed by atoms with Crippen molar-refractivity contribution in [1.82, 2.24) is 0 Å². The molecule has 0 saturated carbocycles. The fourth-order valence-electron chi connectivity index (χ4n) is 2.57. The van der Waals surface area contributed by atoms with Gasteiger partial charge in [0.05, 0.1) is 6.10 Å². The van der Waals surface area contributed by atoms with Crippen molar-refractivity contribution < 1.29 is 9.50 Å². The third kappa shape index (κ3) is 2.75. The van der Waals surface area contributed by atoms with Crippen LogP contribution in [0, 0.1) is 18.2 Å². The Balaban J connectivity index is 2.43. The Hall–Kier alpha value is -1.15. The van der Waals surface area contributed by atoms with Crippen LogP contribution in [0.25, 0.3) is 5.57 Å². The van der Waals surface area contributed by atoms with Crippen LogP contribution in [0.5, 0.6) is 0 Å². The van der Waals surface area contributed by atoms with Crippen molar-refractivity contribution in [1.29, 1.82) is 0 Å². The van der Waals surface area contributed by atoms with Gasteiger partial charge in [-0.15, -0.1) is 0 Å². The number of halogens is 1. The number of aliphatic hydroxyl groups excluding tert-OH is 1. The highest BCUT2D eigenvalue weighted by Gasteiger charge is 2.29. The van der Waals surface area contributed by atoms with Crippen LogP contribution in [0.4, 0.5) is 4.39 Å². The van der Waals surface area contributed by atoms with E-state index in [1.165, 1.54) is 6.07 Å². The molecule has 0 heterocycles. The number of allylic oxidation sites excluding steroid dienone is 1. The smallest absolute Gasteiger partial charge is 0.130 e. The summed E-state index contributed by atoms with van der Waals surface area (Å²) in [6.07, 6.45) is 2.88. The molecule has 0 saturated heterocycles. The Kier molecular flexibility index (Phi) is 3.09. The molecule has 92 valence electrons. The molecule has 0 aliphatic heterocycles. The number of hydrogen-bond acceptors (Lipinski definition) is 1. The van der Waals surface area contributed by atoms with E-state index < -0.39 is 6.10 Å². The Morgan fingerprint density at radius 2 is 2.06 bits per heavy atom. The molecule has 0 fully saturated rings. The van der Waals surface area contributed by atoms with Gasteiger partial charge < -0.3 is 5.11 Å². The molecule has 2 heteroatoms. The third-order valence-corrected chi connectivity index (χ3v) is 3.29. The van der Waals surface area contributed by atoms with Crippen molar-refractivity contribution in [3.05, 3.63) is 41.2 Å². The number of benzene rings is 1. The summed E-state index contributed by atoms with van der Waals surface area (Å²) in [6, 6.07) is 5.12. The zero-order valence-electron chi connectivity index (χ0n) is 10.6. The van der Waals surface area contributed by atoms with E-state index in [1.54, 1.807) is 12.1 Å². The number of hydrogen-bond donors (Lipinski definition) is 1. The van der Waals surface area contributed by atoms with Gasteiger partial charge >= 0.3 is 0 Å². The van der Waals surface area contributed by atoms with E-state index in [-0.39, 0.29) is 11.2 Å². The second kappa shape index (κ2) is 4.26. The van der Waals surface area contributed by atoms with Crippen LogP contribution >= 0.6 is 0 Å². The summed E-state index contributed by atoms with van der Waals surface area (Å²) in [6.45, 7) is 6.17. The molecule has 1 aromatic rings. The van der Waals surface area contributed by atoms with E-state index in [0.29, 0.717) is 5.56 Å². The summed E-state index contributed by atoms with van der Waals surface area (Å²) in [4.78, 5) is 0. The summed E-state index contributed by atoms with van der Waals surface area (Å²) >= 11 is 0. The summed E-state index contributed by atoms with van der Waals surface area (Å²) < 4.78 is 13.8. The lowest BCUT2D eigenvalue weighted by Crippen LogP contribution is -2.24. The standard InChI is InChI=1S/C15H19FO/c1-10-4-5-14(16)13(6-10)11-7-12(17)9-15(2,3)8-11/h4-7,12,17H,8-9H2,1-3H3. The molecule has 1 atom stereocenters. The first-order valence-electron chi connectivity index (χ1n) is 6.03. The van der Waals surface area contributed by atoms with Crippen molar-refractivity contribution in [2.45, 2.75) is 39.7 Å². The number of rotatable bonds is 1. The molecule has 1 aromatic carbocycles. The van der Waals surface area contributed by atoms with Crippen LogP contribution in [0.15, 0.2) is 24.3 Å². The molecular formula is C15H19FO. The molecule has 2 rings (SSSR count). The molecule has 1 nitrogen and oxygen atoms in total. The second-order valence-corrected chi connectivity index (χ2v) is 5.79. The van der Waals surface area contributed by atoms with Crippen molar-refractivity contribution in [3.8, 4) is 0 Å². The molecular weight excluding hydrogens is 215 g/mol. The lowest BCUT2D eigenvalue weighted by molar-refractivity contribution is 0.146. The number of aliphatic hydroxyl groups is 1. The van der Waals surface area contributed by atoms with E-state index in [0.717, 1.165) is 24.0 Å². The van der Waals surface area contributed by atoms with Gasteiger partial charge in [-0.25, -0.2) is 4.39 Å². The van der Waals surface area contributed by atoms with Crippen molar-refractivity contribution in [2.24, 2.45) is 5.41 Å². The first kappa shape index (κ1) is 12.3. The summed E-state index contributed by atoms with van der Waals surface area (Å²) in [7, 11) is 0. The maximum absolute atomic E-state index is 13.8. The fourth-order valence-corrected chi connectivity index (χ4v) is 2.57. The van der Waals surface area contributed by atoms with Crippen molar-refractivity contribution >= 4 is 5.57 Å². The minimum Gasteiger partial charge on any atom is -0.389 e. The first-order valence-corrected chi connectivity index (χ1v) is 6.03. The van der Waals surface area contributed by atoms with E-state index in [9.17, 15) is 9.50 Å². The van der Waals surface area contributed by atoms with Gasteiger partial charge in [-0.05, 0) is 42.9 Å². The monoisotopic (exact) mass is 234 g/mol. The zero-order chi connectivity index (χ0) is 12.6. The molecule has 1 unspecified atom stereocenters. The van der Waals surface area contributed by atoms with Crippen LogP contribution in [-0.4, -0.2) is 11.2 Å². The van der Waals surface area contributed by atoms with Gasteiger partial charge in [0.15, 0.2) is 0 Å². The summed E-state index contributed by atoms with van der Waals surface area (Å²) in [5, 5.41) is 9.84. The number of aryl methyl sites for hydroxylation is 1. The highest BCUT2D eigenvalue weighted by molar-refractivity contribution is 5.68. The highest BCUT2D eigenvalue weighted by atomic mass is 19.1. The summed E-state index contributed by atoms with van der Waals surface area (Å²) in [5.41, 5.74) is 2.63. The average molecular weight is 234 g/mol. The first-order chi connectivity index (χ1) is 7.87. The lowest BCUT2D eigenvalue weighted by Gasteiger charge is -2.32. The van der Waals surface area contributed by atoms with Crippen LogP contribution in [0.1, 0.15) is 37.8 Å². The molecule has 0 amide bonds. The van der Waals surface area contributed by atoms with Crippen LogP contribution in [0.2, 0.25) is 0 Å². The Labute approximate surface area is 102 Å². The van der Waals surface area contributed by atoms with E-state index in [1.807, 2.05) is 13.0 Å². The van der Waals surface area contributed by atoms with Gasteiger partial charge in [0.1, 0.15) is 5.82 Å². The Morgan fingerprint density at radius 1 is 1.35 bits per heavy atom. The molecule has 0 spiro atoms. The van der Waals surface area contributed by atoms with Gasteiger partial charge in [-0.2, -0.15) is 0 Å². The second-order valence-electron chi connectivity index (χ2n) is 5.79. The van der Waals surface area contributed by atoms with E-state index in [4.69, 9.17) is 0 Å². The van der Waals surface area contributed by atoms with E-state index in [2.05, 4.69) is 13.8 Å². The van der Waals surface area contributed by atoms with Crippen molar-refractivity contribution in [2.75, 3.05) is 0 Å². The molecule has 1 aliphatic carbocycles. The minimum atomic E-state index is -0.464. The molecule has 0 bridgehead atoms. The summed E-state index contributed by atoms with van der Waals surface area (Å²) in [5.74, 6) is -0.202. The largest absolute Gasteiger partial charge is 0.389 e.